The van der Waals surface area contributed by atoms with Gasteiger partial charge in [-0.2, -0.15) is 13.2 Å². The van der Waals surface area contributed by atoms with Crippen LogP contribution in [0.3, 0.4) is 0 Å². The van der Waals surface area contributed by atoms with Crippen LogP contribution < -0.4 is 15.6 Å². The summed E-state index contributed by atoms with van der Waals surface area (Å²) >= 11 is 0. The number of benzene rings is 3. The Kier molecular flexibility index (Phi) is 11.1. The molecule has 0 saturated heterocycles. The summed E-state index contributed by atoms with van der Waals surface area (Å²) in [7, 11) is 0. The fourth-order valence-corrected chi connectivity index (χ4v) is 4.83. The van der Waals surface area contributed by atoms with Crippen LogP contribution in [0.5, 0.6) is 5.75 Å². The molecule has 0 saturated carbocycles. The first-order valence-electron chi connectivity index (χ1n) is 14.9. The molecule has 9 nitrogen and oxygen atoms in total. The molecule has 2 atom stereocenters. The minimum atomic E-state index is -4.46. The Morgan fingerprint density at radius 2 is 1.65 bits per heavy atom. The van der Waals surface area contributed by atoms with Crippen molar-refractivity contribution < 1.29 is 42.1 Å². The molecule has 0 unspecified atom stereocenters. The van der Waals surface area contributed by atoms with Gasteiger partial charge in [-0.15, -0.1) is 0 Å². The Bertz CT molecular complexity index is 1490. The third kappa shape index (κ3) is 9.07. The zero-order chi connectivity index (χ0) is 33.4. The number of hydrogen-bond acceptors (Lipinski definition) is 8. The number of halogens is 3. The predicted molar refractivity (Wildman–Crippen MR) is 165 cm³/mol. The van der Waals surface area contributed by atoms with Gasteiger partial charge in [0.25, 0.3) is 5.91 Å². The zero-order valence-electron chi connectivity index (χ0n) is 25.9. The van der Waals surface area contributed by atoms with Crippen LogP contribution in [0, 0.1) is 0 Å². The monoisotopic (exact) mass is 641 g/mol. The molecule has 0 fully saturated rings. The highest BCUT2D eigenvalue weighted by atomic mass is 19.4. The van der Waals surface area contributed by atoms with Crippen LogP contribution in [0.2, 0.25) is 0 Å². The average Bonchev–Trinajstić information content (AvgIpc) is 3.41. The van der Waals surface area contributed by atoms with Gasteiger partial charge in [-0.3, -0.25) is 15.0 Å². The van der Waals surface area contributed by atoms with E-state index in [0.717, 1.165) is 12.1 Å². The lowest BCUT2D eigenvalue weighted by Gasteiger charge is -2.31. The number of carbonyl (C=O) groups is 2. The summed E-state index contributed by atoms with van der Waals surface area (Å²) in [6.07, 6.45) is -5.12. The minimum absolute atomic E-state index is 0.0102. The smallest absolute Gasteiger partial charge is 0.416 e. The summed E-state index contributed by atoms with van der Waals surface area (Å²) in [4.78, 5) is 31.8. The molecular weight excluding hydrogens is 603 g/mol. The Labute approximate surface area is 265 Å². The van der Waals surface area contributed by atoms with Gasteiger partial charge in [0.15, 0.2) is 11.6 Å². The Morgan fingerprint density at radius 1 is 0.978 bits per heavy atom. The second kappa shape index (κ2) is 14.8. The van der Waals surface area contributed by atoms with Crippen LogP contribution in [-0.2, 0) is 31.8 Å². The number of esters is 1. The van der Waals surface area contributed by atoms with Crippen molar-refractivity contribution >= 4 is 17.8 Å². The first-order valence-corrected chi connectivity index (χ1v) is 14.9. The average molecular weight is 642 g/mol. The van der Waals surface area contributed by atoms with Crippen molar-refractivity contribution in [2.75, 3.05) is 13.2 Å². The number of nitrogens with one attached hydrogen (secondary N) is 2. The second-order valence-corrected chi connectivity index (χ2v) is 11.8. The first kappa shape index (κ1) is 34.5. The molecule has 0 spiro atoms. The Hall–Kier alpha value is -4.42. The number of amides is 1. The topological polar surface area (TPSA) is 118 Å². The normalized spacial score (nSPS) is 18.0. The highest BCUT2D eigenvalue weighted by Gasteiger charge is 2.53. The van der Waals surface area contributed by atoms with Gasteiger partial charge >= 0.3 is 12.1 Å². The number of rotatable bonds is 13. The van der Waals surface area contributed by atoms with Gasteiger partial charge in [0.1, 0.15) is 11.4 Å². The van der Waals surface area contributed by atoms with Gasteiger partial charge in [0, 0.05) is 31.6 Å². The number of nitrogens with zero attached hydrogens (tertiary/aromatic N) is 1. The molecule has 46 heavy (non-hydrogen) atoms. The van der Waals surface area contributed by atoms with Crippen molar-refractivity contribution in [1.29, 1.82) is 0 Å². The van der Waals surface area contributed by atoms with Gasteiger partial charge in [0.2, 0.25) is 5.90 Å². The lowest BCUT2D eigenvalue weighted by Crippen LogP contribution is -2.52. The van der Waals surface area contributed by atoms with E-state index in [1.807, 2.05) is 6.07 Å². The third-order valence-corrected chi connectivity index (χ3v) is 7.04. The molecule has 1 amide bonds. The number of aliphatic imine (C=N–C) groups is 1. The summed E-state index contributed by atoms with van der Waals surface area (Å²) in [6, 6.07) is 20.5. The molecule has 3 aromatic rings. The fraction of sp³-hybridized carbons (Fsp3) is 0.382. The summed E-state index contributed by atoms with van der Waals surface area (Å²) in [5, 5.41) is 9.01. The predicted octanol–water partition coefficient (Wildman–Crippen LogP) is 5.67. The number of aliphatic hydroxyl groups is 1. The van der Waals surface area contributed by atoms with E-state index in [1.54, 1.807) is 69.3 Å². The first-order chi connectivity index (χ1) is 21.8. The summed E-state index contributed by atoms with van der Waals surface area (Å²) in [6.45, 7) is 5.62. The van der Waals surface area contributed by atoms with Crippen LogP contribution in [0.1, 0.15) is 68.4 Å². The van der Waals surface area contributed by atoms with E-state index >= 15 is 0 Å². The fourth-order valence-electron chi connectivity index (χ4n) is 4.83. The molecule has 0 radical (unpaired) electrons. The highest BCUT2D eigenvalue weighted by molar-refractivity contribution is 6.01. The largest absolute Gasteiger partial charge is 0.494 e. The maximum Gasteiger partial charge on any atom is 0.416 e. The lowest BCUT2D eigenvalue weighted by atomic mass is 9.83. The third-order valence-electron chi connectivity index (χ3n) is 7.04. The molecule has 12 heteroatoms. The molecule has 3 aromatic carbocycles. The number of hydrazine groups is 1. The quantitative estimate of drug-likeness (QED) is 0.125. The van der Waals surface area contributed by atoms with Crippen LogP contribution in [0.25, 0.3) is 0 Å². The standard InChI is InChI=1S/C34H38F3N3O6/c1-32(2,3)46-28(42)18-19-33(31(43)40-38-22-23-10-14-26(15-11-23)34(35,36)37)29(24-8-5-4-6-9-24)45-30(39-33)25-12-16-27(17-13-25)44-21-7-20-41/h4-6,8-17,29,38,41H,7,18-22H2,1-3H3,(H,40,43)/t29-,33-/m0/s1. The SMILES string of the molecule is CC(C)(C)OC(=O)CC[C@]1(C(=O)NNCc2ccc(C(F)(F)F)cc2)N=C(c2ccc(OCCCO)cc2)O[C@H]1c1ccccc1. The van der Waals surface area contributed by atoms with Crippen molar-refractivity contribution in [2.45, 2.75) is 70.0 Å². The van der Waals surface area contributed by atoms with E-state index < -0.39 is 40.9 Å². The van der Waals surface area contributed by atoms with E-state index in [2.05, 4.69) is 10.9 Å². The van der Waals surface area contributed by atoms with Gasteiger partial charge in [0.05, 0.1) is 12.2 Å². The molecule has 0 bridgehead atoms. The van der Waals surface area contributed by atoms with E-state index in [0.29, 0.717) is 35.5 Å². The van der Waals surface area contributed by atoms with Crippen molar-refractivity contribution in [3.8, 4) is 5.75 Å². The lowest BCUT2D eigenvalue weighted by molar-refractivity contribution is -0.155. The summed E-state index contributed by atoms with van der Waals surface area (Å²) in [5.74, 6) is -0.359. The number of hydrogen-bond donors (Lipinski definition) is 3. The van der Waals surface area contributed by atoms with Crippen LogP contribution >= 0.6 is 0 Å². The van der Waals surface area contributed by atoms with Crippen molar-refractivity contribution in [3.05, 3.63) is 101 Å². The molecular formula is C34H38F3N3O6. The molecule has 0 aliphatic carbocycles. The van der Waals surface area contributed by atoms with E-state index in [1.165, 1.54) is 12.1 Å². The highest BCUT2D eigenvalue weighted by Crippen LogP contribution is 2.43. The summed E-state index contributed by atoms with van der Waals surface area (Å²) in [5.41, 5.74) is 4.01. The van der Waals surface area contributed by atoms with Crippen molar-refractivity contribution in [2.24, 2.45) is 4.99 Å². The molecule has 1 aliphatic heterocycles. The van der Waals surface area contributed by atoms with E-state index in [4.69, 9.17) is 24.3 Å². The summed E-state index contributed by atoms with van der Waals surface area (Å²) < 4.78 is 56.5. The van der Waals surface area contributed by atoms with Gasteiger partial charge in [-0.25, -0.2) is 10.4 Å². The van der Waals surface area contributed by atoms with E-state index in [9.17, 15) is 22.8 Å². The zero-order valence-corrected chi connectivity index (χ0v) is 25.9. The number of carbonyl (C=O) groups excluding carboxylic acids is 2. The van der Waals surface area contributed by atoms with Crippen molar-refractivity contribution in [3.63, 3.8) is 0 Å². The van der Waals surface area contributed by atoms with Crippen LogP contribution in [0.15, 0.2) is 83.9 Å². The van der Waals surface area contributed by atoms with Gasteiger partial charge < -0.3 is 19.3 Å². The number of aliphatic hydroxyl groups excluding tert-OH is 1. The maximum absolute atomic E-state index is 14.1. The minimum Gasteiger partial charge on any atom is -0.494 e. The Balaban J connectivity index is 1.63. The van der Waals surface area contributed by atoms with Crippen LogP contribution in [-0.4, -0.2) is 47.2 Å². The molecule has 246 valence electrons. The van der Waals surface area contributed by atoms with Crippen molar-refractivity contribution in [1.82, 2.24) is 10.9 Å². The van der Waals surface area contributed by atoms with Gasteiger partial charge in [-0.1, -0.05) is 42.5 Å². The number of alkyl halides is 3. The second-order valence-electron chi connectivity index (χ2n) is 11.8. The maximum atomic E-state index is 14.1. The van der Waals surface area contributed by atoms with Gasteiger partial charge in [-0.05, 0) is 74.7 Å². The van der Waals surface area contributed by atoms with E-state index in [-0.39, 0.29) is 31.9 Å². The molecule has 4 rings (SSSR count). The van der Waals surface area contributed by atoms with Crippen LogP contribution in [0.4, 0.5) is 13.2 Å². The molecule has 3 N–H and O–H groups in total. The number of ether oxygens (including phenoxy) is 3. The molecule has 1 heterocycles. The Morgan fingerprint density at radius 3 is 2.26 bits per heavy atom. The molecule has 1 aliphatic rings. The molecule has 0 aromatic heterocycles.